The van der Waals surface area contributed by atoms with Gasteiger partial charge in [-0.05, 0) is 69.1 Å². The van der Waals surface area contributed by atoms with Crippen molar-refractivity contribution in [1.82, 2.24) is 0 Å². The second-order valence-electron chi connectivity index (χ2n) is 15.3. The Morgan fingerprint density at radius 3 is 1.56 bits per heavy atom. The van der Waals surface area contributed by atoms with Crippen LogP contribution in [0.1, 0.15) is 133 Å². The lowest BCUT2D eigenvalue weighted by molar-refractivity contribution is -0.110. The minimum absolute atomic E-state index is 0.0767. The number of ketones is 1. The number of nitrogens with zero attached hydrogens (tertiary/aromatic N) is 1. The van der Waals surface area contributed by atoms with E-state index in [4.69, 9.17) is 4.99 Å². The van der Waals surface area contributed by atoms with Crippen LogP contribution in [0.5, 0.6) is 0 Å². The third-order valence-corrected chi connectivity index (χ3v) is 7.10. The largest absolute Gasteiger partial charge is 0.287 e. The Kier molecular flexibility index (Phi) is 8.76. The molecule has 0 aromatic heterocycles. The summed E-state index contributed by atoms with van der Waals surface area (Å²) >= 11 is 0. The summed E-state index contributed by atoms with van der Waals surface area (Å²) < 4.78 is 0. The van der Waals surface area contributed by atoms with E-state index in [9.17, 15) is 4.79 Å². The second kappa shape index (κ2) is 10.4. The molecule has 1 aliphatic carbocycles. The van der Waals surface area contributed by atoms with Gasteiger partial charge in [0.2, 0.25) is 5.78 Å². The molecule has 0 heterocycles. The summed E-state index contributed by atoms with van der Waals surface area (Å²) in [6.07, 6.45) is 6.25. The molecule has 1 aromatic rings. The standard InChI is InChI=1S/C34H53NO/c1-22(2)25-16-15-17-26(23(3)4)29(25)35-28-19-24(33(11,12)20-31(5,6)7)18-27(30(28)36)34(13,14)21-32(8,9)10/h15-19,22-23H,20-21H2,1-14H3. The Hall–Kier alpha value is -1.96. The van der Waals surface area contributed by atoms with Crippen molar-refractivity contribution < 1.29 is 4.79 Å². The number of hydrogen-bond acceptors (Lipinski definition) is 2. The van der Waals surface area contributed by atoms with Gasteiger partial charge in [0.1, 0.15) is 5.71 Å². The van der Waals surface area contributed by atoms with Gasteiger partial charge in [-0.2, -0.15) is 0 Å². The maximum atomic E-state index is 14.1. The van der Waals surface area contributed by atoms with E-state index in [1.807, 2.05) is 0 Å². The molecule has 0 fully saturated rings. The summed E-state index contributed by atoms with van der Waals surface area (Å²) in [7, 11) is 0. The SMILES string of the molecule is CC(C)c1cccc(C(C)C)c1N=C1C=C(C(C)(C)CC(C)(C)C)C=C(C(C)(C)CC(C)(C)C)C1=O. The van der Waals surface area contributed by atoms with Crippen molar-refractivity contribution in [3.63, 3.8) is 0 Å². The van der Waals surface area contributed by atoms with Gasteiger partial charge in [-0.3, -0.25) is 4.79 Å². The minimum atomic E-state index is -0.258. The van der Waals surface area contributed by atoms with Gasteiger partial charge in [0.05, 0.1) is 5.69 Å². The molecular formula is C34H53NO. The third-order valence-electron chi connectivity index (χ3n) is 7.10. The topological polar surface area (TPSA) is 29.4 Å². The van der Waals surface area contributed by atoms with Gasteiger partial charge in [-0.15, -0.1) is 0 Å². The second-order valence-corrected chi connectivity index (χ2v) is 15.3. The fraction of sp³-hybridized carbons (Fsp3) is 0.647. The molecule has 0 atom stereocenters. The molecule has 2 heteroatoms. The predicted octanol–water partition coefficient (Wildman–Crippen LogP) is 10.4. The summed E-state index contributed by atoms with van der Waals surface area (Å²) in [5, 5.41) is 0. The van der Waals surface area contributed by atoms with Crippen LogP contribution in [-0.4, -0.2) is 11.5 Å². The molecule has 0 unspecified atom stereocenters. The van der Waals surface area contributed by atoms with Crippen LogP contribution in [0.25, 0.3) is 0 Å². The Morgan fingerprint density at radius 1 is 0.694 bits per heavy atom. The quantitative estimate of drug-likeness (QED) is 0.349. The average molecular weight is 492 g/mol. The molecule has 0 radical (unpaired) electrons. The van der Waals surface area contributed by atoms with Crippen LogP contribution >= 0.6 is 0 Å². The summed E-state index contributed by atoms with van der Waals surface area (Å²) in [4.78, 5) is 19.4. The lowest BCUT2D eigenvalue weighted by Gasteiger charge is -2.39. The van der Waals surface area contributed by atoms with E-state index in [1.165, 1.54) is 16.7 Å². The van der Waals surface area contributed by atoms with Gasteiger partial charge in [0, 0.05) is 5.57 Å². The summed E-state index contributed by atoms with van der Waals surface area (Å²) in [6, 6.07) is 6.46. The van der Waals surface area contributed by atoms with E-state index < -0.39 is 0 Å². The van der Waals surface area contributed by atoms with Gasteiger partial charge in [-0.25, -0.2) is 4.99 Å². The first-order valence-electron chi connectivity index (χ1n) is 13.9. The first-order valence-corrected chi connectivity index (χ1v) is 13.9. The van der Waals surface area contributed by atoms with Crippen molar-refractivity contribution in [2.45, 2.75) is 122 Å². The number of allylic oxidation sites excluding steroid dienone is 4. The molecule has 0 amide bonds. The number of carbonyl (C=O) groups is 1. The number of para-hydroxylation sites is 1. The molecule has 0 aliphatic heterocycles. The fourth-order valence-electron chi connectivity index (χ4n) is 6.20. The Balaban J connectivity index is 2.83. The number of rotatable bonds is 7. The molecule has 1 aromatic carbocycles. The highest BCUT2D eigenvalue weighted by Crippen LogP contribution is 2.46. The van der Waals surface area contributed by atoms with Crippen LogP contribution in [-0.2, 0) is 4.79 Å². The molecule has 0 N–H and O–H groups in total. The van der Waals surface area contributed by atoms with Gasteiger partial charge in [0.25, 0.3) is 0 Å². The molecule has 0 saturated carbocycles. The van der Waals surface area contributed by atoms with E-state index in [2.05, 4.69) is 127 Å². The van der Waals surface area contributed by atoms with Crippen molar-refractivity contribution >= 4 is 17.2 Å². The van der Waals surface area contributed by atoms with Crippen LogP contribution in [0.15, 0.2) is 46.5 Å². The zero-order chi connectivity index (χ0) is 27.9. The number of Topliss-reactive ketones (excluding diaryl/α,β-unsaturated/α-hetero) is 1. The lowest BCUT2D eigenvalue weighted by Crippen LogP contribution is -2.34. The number of hydrogen-bond donors (Lipinski definition) is 0. The maximum absolute atomic E-state index is 14.1. The molecular weight excluding hydrogens is 438 g/mol. The first kappa shape index (κ1) is 30.3. The number of carbonyl (C=O) groups excluding carboxylic acids is 1. The average Bonchev–Trinajstić information content (AvgIpc) is 2.65. The smallest absolute Gasteiger partial charge is 0.207 e. The van der Waals surface area contributed by atoms with E-state index in [-0.39, 0.29) is 27.4 Å². The van der Waals surface area contributed by atoms with E-state index in [1.54, 1.807) is 0 Å². The molecule has 1 aliphatic rings. The Bertz CT molecular complexity index is 1030. The summed E-state index contributed by atoms with van der Waals surface area (Å²) in [6.45, 7) is 31.5. The number of benzene rings is 1. The van der Waals surface area contributed by atoms with Crippen molar-refractivity contribution in [3.05, 3.63) is 52.6 Å². The zero-order valence-electron chi connectivity index (χ0n) is 25.8. The monoisotopic (exact) mass is 491 g/mol. The van der Waals surface area contributed by atoms with Crippen LogP contribution in [0.3, 0.4) is 0 Å². The van der Waals surface area contributed by atoms with Crippen LogP contribution in [0.2, 0.25) is 0 Å². The van der Waals surface area contributed by atoms with E-state index in [0.29, 0.717) is 17.5 Å². The number of aliphatic imine (C=N–C) groups is 1. The van der Waals surface area contributed by atoms with Crippen molar-refractivity contribution in [2.75, 3.05) is 0 Å². The molecule has 0 bridgehead atoms. The normalized spacial score (nSPS) is 17.2. The van der Waals surface area contributed by atoms with Crippen molar-refractivity contribution in [2.24, 2.45) is 26.7 Å². The van der Waals surface area contributed by atoms with Crippen LogP contribution in [0, 0.1) is 21.7 Å². The molecule has 0 spiro atoms. The van der Waals surface area contributed by atoms with Gasteiger partial charge >= 0.3 is 0 Å². The van der Waals surface area contributed by atoms with E-state index >= 15 is 0 Å². The molecule has 36 heavy (non-hydrogen) atoms. The first-order chi connectivity index (χ1) is 16.1. The van der Waals surface area contributed by atoms with E-state index in [0.717, 1.165) is 24.1 Å². The molecule has 2 rings (SSSR count). The predicted molar refractivity (Wildman–Crippen MR) is 159 cm³/mol. The Labute approximate surface area is 222 Å². The van der Waals surface area contributed by atoms with Crippen LogP contribution in [0.4, 0.5) is 5.69 Å². The molecule has 2 nitrogen and oxygen atoms in total. The summed E-state index contributed by atoms with van der Waals surface area (Å²) in [5.74, 6) is 0.734. The van der Waals surface area contributed by atoms with Crippen molar-refractivity contribution in [3.8, 4) is 0 Å². The van der Waals surface area contributed by atoms with Crippen molar-refractivity contribution in [1.29, 1.82) is 0 Å². The van der Waals surface area contributed by atoms with Gasteiger partial charge in [-0.1, -0.05) is 121 Å². The molecule has 200 valence electrons. The summed E-state index contributed by atoms with van der Waals surface area (Å²) in [5.41, 5.74) is 6.02. The highest BCUT2D eigenvalue weighted by atomic mass is 16.1. The van der Waals surface area contributed by atoms with Gasteiger partial charge in [0.15, 0.2) is 0 Å². The maximum Gasteiger partial charge on any atom is 0.207 e. The third kappa shape index (κ3) is 7.53. The van der Waals surface area contributed by atoms with Gasteiger partial charge < -0.3 is 0 Å². The zero-order valence-corrected chi connectivity index (χ0v) is 25.8. The van der Waals surface area contributed by atoms with Crippen LogP contribution < -0.4 is 0 Å². The minimum Gasteiger partial charge on any atom is -0.287 e. The Morgan fingerprint density at radius 2 is 1.14 bits per heavy atom. The molecule has 0 saturated heterocycles. The highest BCUT2D eigenvalue weighted by molar-refractivity contribution is 6.51. The lowest BCUT2D eigenvalue weighted by atomic mass is 9.65. The fourth-order valence-corrected chi connectivity index (χ4v) is 6.20. The highest BCUT2D eigenvalue weighted by Gasteiger charge is 2.39.